The Morgan fingerprint density at radius 2 is 1.86 bits per heavy atom. The first-order chi connectivity index (χ1) is 10.0. The van der Waals surface area contributed by atoms with E-state index in [2.05, 4.69) is 5.32 Å². The van der Waals surface area contributed by atoms with E-state index < -0.39 is 0 Å². The van der Waals surface area contributed by atoms with E-state index in [0.717, 1.165) is 31.5 Å². The summed E-state index contributed by atoms with van der Waals surface area (Å²) < 4.78 is 0. The number of hydrogen-bond acceptors (Lipinski definition) is 2. The molecule has 0 spiro atoms. The number of nitrogens with two attached hydrogens (primary N) is 1. The molecule has 1 aliphatic rings. The molecule has 0 atom stereocenters. The number of carbonyl (C=O) groups excluding carboxylic acids is 2. The summed E-state index contributed by atoms with van der Waals surface area (Å²) >= 11 is 0. The standard InChI is InChI=1S/C16H23N3O2/c1-12-2-4-13(5-3-12)10-18-15(20)11-19-8-6-14(7-9-19)16(17)21/h2-5,14H,6-11H2,1H3,(H2,17,21)(H,18,20)/p+1. The molecule has 1 aromatic carbocycles. The fourth-order valence-electron chi connectivity index (χ4n) is 2.68. The highest BCUT2D eigenvalue weighted by Crippen LogP contribution is 2.07. The molecule has 0 bridgehead atoms. The van der Waals surface area contributed by atoms with Crippen LogP contribution in [0.3, 0.4) is 0 Å². The van der Waals surface area contributed by atoms with Gasteiger partial charge in [0.15, 0.2) is 6.54 Å². The second-order valence-electron chi connectivity index (χ2n) is 5.87. The fourth-order valence-corrected chi connectivity index (χ4v) is 2.68. The molecule has 2 rings (SSSR count). The van der Waals surface area contributed by atoms with Gasteiger partial charge in [0.25, 0.3) is 5.91 Å². The molecule has 1 aliphatic heterocycles. The van der Waals surface area contributed by atoms with Gasteiger partial charge in [-0.05, 0) is 12.5 Å². The number of quaternary nitrogens is 1. The van der Waals surface area contributed by atoms with E-state index in [1.54, 1.807) is 0 Å². The number of nitrogens with one attached hydrogen (secondary N) is 2. The maximum atomic E-state index is 11.9. The van der Waals surface area contributed by atoms with Crippen molar-refractivity contribution in [2.75, 3.05) is 19.6 Å². The van der Waals surface area contributed by atoms with Crippen LogP contribution >= 0.6 is 0 Å². The summed E-state index contributed by atoms with van der Waals surface area (Å²) in [6, 6.07) is 8.14. The number of amides is 2. The molecule has 0 unspecified atom stereocenters. The Bertz CT molecular complexity index is 491. The molecule has 5 heteroatoms. The molecule has 1 heterocycles. The van der Waals surface area contributed by atoms with E-state index in [1.165, 1.54) is 10.5 Å². The van der Waals surface area contributed by atoms with Gasteiger partial charge in [-0.3, -0.25) is 9.59 Å². The second-order valence-corrected chi connectivity index (χ2v) is 5.87. The van der Waals surface area contributed by atoms with Crippen LogP contribution in [0.5, 0.6) is 0 Å². The zero-order chi connectivity index (χ0) is 15.2. The minimum absolute atomic E-state index is 0.00984. The van der Waals surface area contributed by atoms with E-state index in [-0.39, 0.29) is 17.7 Å². The highest BCUT2D eigenvalue weighted by molar-refractivity contribution is 5.77. The topological polar surface area (TPSA) is 76.6 Å². The van der Waals surface area contributed by atoms with Crippen molar-refractivity contribution in [1.29, 1.82) is 0 Å². The van der Waals surface area contributed by atoms with Gasteiger partial charge >= 0.3 is 0 Å². The Morgan fingerprint density at radius 1 is 1.24 bits per heavy atom. The van der Waals surface area contributed by atoms with E-state index in [4.69, 9.17) is 5.73 Å². The third kappa shape index (κ3) is 4.86. The lowest BCUT2D eigenvalue weighted by molar-refractivity contribution is -0.897. The van der Waals surface area contributed by atoms with Crippen LogP contribution in [-0.4, -0.2) is 31.4 Å². The van der Waals surface area contributed by atoms with Crippen molar-refractivity contribution in [3.05, 3.63) is 35.4 Å². The molecule has 0 saturated carbocycles. The molecule has 0 radical (unpaired) electrons. The number of primary amides is 1. The molecule has 1 fully saturated rings. The number of hydrogen-bond donors (Lipinski definition) is 3. The van der Waals surface area contributed by atoms with E-state index in [1.807, 2.05) is 31.2 Å². The molecule has 4 N–H and O–H groups in total. The molecule has 1 saturated heterocycles. The molecule has 114 valence electrons. The Balaban J connectivity index is 1.70. The Kier molecular flexibility index (Phi) is 5.33. The van der Waals surface area contributed by atoms with E-state index in [9.17, 15) is 9.59 Å². The molecule has 2 amide bonds. The predicted octanol–water partition coefficient (Wildman–Crippen LogP) is -0.609. The van der Waals surface area contributed by atoms with Crippen molar-refractivity contribution < 1.29 is 14.5 Å². The average molecular weight is 290 g/mol. The minimum Gasteiger partial charge on any atom is -0.369 e. The van der Waals surface area contributed by atoms with Crippen molar-refractivity contribution in [2.24, 2.45) is 11.7 Å². The highest BCUT2D eigenvalue weighted by Gasteiger charge is 2.26. The Hall–Kier alpha value is -1.88. The summed E-state index contributed by atoms with van der Waals surface area (Å²) in [4.78, 5) is 24.3. The smallest absolute Gasteiger partial charge is 0.275 e. The highest BCUT2D eigenvalue weighted by atomic mass is 16.2. The minimum atomic E-state index is -0.210. The number of carbonyl (C=O) groups is 2. The molecule has 21 heavy (non-hydrogen) atoms. The van der Waals surface area contributed by atoms with E-state index in [0.29, 0.717) is 13.1 Å². The summed E-state index contributed by atoms with van der Waals surface area (Å²) in [6.45, 7) is 4.76. The third-order valence-corrected chi connectivity index (χ3v) is 4.12. The van der Waals surface area contributed by atoms with Crippen molar-refractivity contribution in [2.45, 2.75) is 26.3 Å². The van der Waals surface area contributed by atoms with Gasteiger partial charge < -0.3 is 16.0 Å². The maximum Gasteiger partial charge on any atom is 0.275 e. The van der Waals surface area contributed by atoms with Crippen LogP contribution in [0, 0.1) is 12.8 Å². The Morgan fingerprint density at radius 3 is 2.43 bits per heavy atom. The first-order valence-corrected chi connectivity index (χ1v) is 7.49. The molecular weight excluding hydrogens is 266 g/mol. The van der Waals surface area contributed by atoms with Gasteiger partial charge in [0.2, 0.25) is 5.91 Å². The summed E-state index contributed by atoms with van der Waals surface area (Å²) in [6.07, 6.45) is 1.58. The van der Waals surface area contributed by atoms with Gasteiger partial charge in [-0.25, -0.2) is 0 Å². The zero-order valence-corrected chi connectivity index (χ0v) is 12.5. The van der Waals surface area contributed by atoms with Crippen LogP contribution in [-0.2, 0) is 16.1 Å². The third-order valence-electron chi connectivity index (χ3n) is 4.12. The number of likely N-dealkylation sites (tertiary alicyclic amines) is 1. The lowest BCUT2D eigenvalue weighted by Gasteiger charge is -2.27. The summed E-state index contributed by atoms with van der Waals surface area (Å²) in [5.74, 6) is -0.162. The zero-order valence-electron chi connectivity index (χ0n) is 12.5. The quantitative estimate of drug-likeness (QED) is 0.677. The van der Waals surface area contributed by atoms with Crippen molar-refractivity contribution in [1.82, 2.24) is 5.32 Å². The van der Waals surface area contributed by atoms with Crippen LogP contribution in [0.2, 0.25) is 0 Å². The normalized spacial score (nSPS) is 21.8. The lowest BCUT2D eigenvalue weighted by Crippen LogP contribution is -3.14. The Labute approximate surface area is 125 Å². The van der Waals surface area contributed by atoms with Gasteiger partial charge in [-0.1, -0.05) is 29.8 Å². The average Bonchev–Trinajstić information content (AvgIpc) is 2.47. The van der Waals surface area contributed by atoms with Gasteiger partial charge in [-0.2, -0.15) is 0 Å². The van der Waals surface area contributed by atoms with Crippen LogP contribution in [0.4, 0.5) is 0 Å². The largest absolute Gasteiger partial charge is 0.369 e. The van der Waals surface area contributed by atoms with Crippen LogP contribution in [0.1, 0.15) is 24.0 Å². The first-order valence-electron chi connectivity index (χ1n) is 7.49. The van der Waals surface area contributed by atoms with Crippen LogP contribution < -0.4 is 16.0 Å². The van der Waals surface area contributed by atoms with Gasteiger partial charge in [-0.15, -0.1) is 0 Å². The lowest BCUT2D eigenvalue weighted by atomic mass is 9.96. The van der Waals surface area contributed by atoms with Crippen molar-refractivity contribution in [3.8, 4) is 0 Å². The predicted molar refractivity (Wildman–Crippen MR) is 80.5 cm³/mol. The van der Waals surface area contributed by atoms with E-state index >= 15 is 0 Å². The fraction of sp³-hybridized carbons (Fsp3) is 0.500. The van der Waals surface area contributed by atoms with Crippen LogP contribution in [0.25, 0.3) is 0 Å². The van der Waals surface area contributed by atoms with Gasteiger partial charge in [0.05, 0.1) is 13.1 Å². The molecular formula is C16H24N3O2+. The number of benzene rings is 1. The first kappa shape index (κ1) is 15.5. The second kappa shape index (κ2) is 7.22. The SMILES string of the molecule is Cc1ccc(CNC(=O)C[NH+]2CCC(C(N)=O)CC2)cc1. The number of piperidine rings is 1. The molecule has 1 aromatic rings. The monoisotopic (exact) mass is 290 g/mol. The van der Waals surface area contributed by atoms with Gasteiger partial charge in [0, 0.05) is 25.3 Å². The summed E-state index contributed by atoms with van der Waals surface area (Å²) in [5.41, 5.74) is 7.63. The maximum absolute atomic E-state index is 11.9. The van der Waals surface area contributed by atoms with Crippen molar-refractivity contribution in [3.63, 3.8) is 0 Å². The summed E-state index contributed by atoms with van der Waals surface area (Å²) in [7, 11) is 0. The van der Waals surface area contributed by atoms with Crippen LogP contribution in [0.15, 0.2) is 24.3 Å². The van der Waals surface area contributed by atoms with Crippen molar-refractivity contribution >= 4 is 11.8 Å². The number of aryl methyl sites for hydroxylation is 1. The molecule has 5 nitrogen and oxygen atoms in total. The molecule has 0 aliphatic carbocycles. The number of rotatable bonds is 5. The molecule has 0 aromatic heterocycles. The van der Waals surface area contributed by atoms with Gasteiger partial charge in [0.1, 0.15) is 0 Å². The summed E-state index contributed by atoms with van der Waals surface area (Å²) in [5, 5.41) is 2.95.